The second-order valence-electron chi connectivity index (χ2n) is 8.65. The second kappa shape index (κ2) is 6.30. The number of aryl methyl sites for hydroxylation is 1. The van der Waals surface area contributed by atoms with E-state index in [0.717, 1.165) is 32.1 Å². The van der Waals surface area contributed by atoms with Gasteiger partial charge in [-0.3, -0.25) is 19.7 Å². The third kappa shape index (κ3) is 3.24. The Balaban J connectivity index is 1.45. The van der Waals surface area contributed by atoms with Crippen LogP contribution in [0.4, 0.5) is 5.69 Å². The molecule has 144 valence electrons. The molecule has 6 nitrogen and oxygen atoms in total. The number of ether oxygens (including phenoxy) is 1. The summed E-state index contributed by atoms with van der Waals surface area (Å²) in [5.41, 5.74) is -0.0166. The lowest BCUT2D eigenvalue weighted by atomic mass is 9.49. The smallest absolute Gasteiger partial charge is 0.312 e. The molecule has 4 saturated carbocycles. The van der Waals surface area contributed by atoms with Gasteiger partial charge in [0.2, 0.25) is 5.78 Å². The molecule has 5 rings (SSSR count). The maximum absolute atomic E-state index is 12.9. The highest BCUT2D eigenvalue weighted by Gasteiger charge is 2.60. The molecule has 0 aliphatic heterocycles. The van der Waals surface area contributed by atoms with Crippen LogP contribution in [0.1, 0.15) is 54.4 Å². The summed E-state index contributed by atoms with van der Waals surface area (Å²) in [7, 11) is 0. The molecule has 4 aliphatic rings. The van der Waals surface area contributed by atoms with Crippen molar-refractivity contribution in [3.05, 3.63) is 39.4 Å². The van der Waals surface area contributed by atoms with Crippen LogP contribution in [0.3, 0.4) is 0 Å². The predicted molar refractivity (Wildman–Crippen MR) is 98.8 cm³/mol. The van der Waals surface area contributed by atoms with Crippen LogP contribution in [0, 0.1) is 34.3 Å². The number of Topliss-reactive ketones (excluding diaryl/α,β-unsaturated/α-hetero) is 1. The first kappa shape index (κ1) is 18.4. The summed E-state index contributed by atoms with van der Waals surface area (Å²) in [6.07, 6.45) is 5.27. The van der Waals surface area contributed by atoms with Gasteiger partial charge in [-0.25, -0.2) is 0 Å². The zero-order valence-corrected chi connectivity index (χ0v) is 16.0. The number of esters is 1. The fourth-order valence-corrected chi connectivity index (χ4v) is 6.43. The molecule has 0 heterocycles. The van der Waals surface area contributed by atoms with E-state index in [-0.39, 0.29) is 22.1 Å². The Morgan fingerprint density at radius 2 is 1.93 bits per heavy atom. The van der Waals surface area contributed by atoms with Gasteiger partial charge in [-0.2, -0.15) is 0 Å². The Morgan fingerprint density at radius 1 is 1.26 bits per heavy atom. The van der Waals surface area contributed by atoms with Gasteiger partial charge in [0.05, 0.1) is 10.3 Å². The Bertz CT molecular complexity index is 822. The summed E-state index contributed by atoms with van der Waals surface area (Å²) >= 11 is 6.75. The summed E-state index contributed by atoms with van der Waals surface area (Å²) in [4.78, 5) is 35.5. The third-order valence-electron chi connectivity index (χ3n) is 6.48. The number of ketones is 1. The second-order valence-corrected chi connectivity index (χ2v) is 9.45. The quantitative estimate of drug-likeness (QED) is 0.247. The molecule has 4 atom stereocenters. The average molecular weight is 392 g/mol. The number of hydrogen-bond acceptors (Lipinski definition) is 5. The van der Waals surface area contributed by atoms with E-state index in [1.165, 1.54) is 18.2 Å². The molecule has 1 aromatic carbocycles. The molecule has 0 amide bonds. The van der Waals surface area contributed by atoms with Crippen molar-refractivity contribution in [2.75, 3.05) is 6.61 Å². The van der Waals surface area contributed by atoms with E-state index in [1.807, 2.05) is 0 Å². The molecular formula is C20H22ClNO5. The molecule has 7 heteroatoms. The van der Waals surface area contributed by atoms with Crippen LogP contribution in [0.5, 0.6) is 0 Å². The summed E-state index contributed by atoms with van der Waals surface area (Å²) in [6, 6.07) is 4.30. The summed E-state index contributed by atoms with van der Waals surface area (Å²) < 4.78 is 5.40. The number of alkyl halides is 1. The van der Waals surface area contributed by atoms with Crippen molar-refractivity contribution in [2.24, 2.45) is 17.3 Å². The summed E-state index contributed by atoms with van der Waals surface area (Å²) in [6.45, 7) is 1.22. The fraction of sp³-hybridized carbons (Fsp3) is 0.600. The van der Waals surface area contributed by atoms with E-state index in [0.29, 0.717) is 23.8 Å². The zero-order valence-electron chi connectivity index (χ0n) is 15.2. The van der Waals surface area contributed by atoms with Crippen molar-refractivity contribution in [3.63, 3.8) is 0 Å². The van der Waals surface area contributed by atoms with E-state index in [4.69, 9.17) is 16.3 Å². The highest BCUT2D eigenvalue weighted by Crippen LogP contribution is 2.64. The third-order valence-corrected chi connectivity index (χ3v) is 6.93. The van der Waals surface area contributed by atoms with Crippen molar-refractivity contribution in [3.8, 4) is 0 Å². The molecule has 0 N–H and O–H groups in total. The number of nitrogens with zero attached hydrogens (tertiary/aromatic N) is 1. The fourth-order valence-electron chi connectivity index (χ4n) is 5.74. The summed E-state index contributed by atoms with van der Waals surface area (Å²) in [5.74, 6) is 0.159. The minimum atomic E-state index is -0.564. The van der Waals surface area contributed by atoms with Crippen LogP contribution in [0.15, 0.2) is 18.2 Å². The monoisotopic (exact) mass is 391 g/mol. The Kier molecular flexibility index (Phi) is 4.29. The van der Waals surface area contributed by atoms with Crippen molar-refractivity contribution >= 4 is 29.0 Å². The normalized spacial score (nSPS) is 33.7. The van der Waals surface area contributed by atoms with E-state index in [2.05, 4.69) is 0 Å². The standard InChI is InChI=1S/C20H22ClNO5/c1-12-2-3-15(5-16(12)22(25)26)17(23)10-27-18(24)19-6-13-4-14(7-19)9-20(21,8-13)11-19/h2-3,5,13-14H,4,6-11H2,1H3/t13-,14+,19?,20?. The first-order chi connectivity index (χ1) is 12.7. The van der Waals surface area contributed by atoms with Gasteiger partial charge in [0.25, 0.3) is 5.69 Å². The number of rotatable bonds is 5. The van der Waals surface area contributed by atoms with Gasteiger partial charge >= 0.3 is 5.97 Å². The molecule has 0 radical (unpaired) electrons. The van der Waals surface area contributed by atoms with Crippen LogP contribution < -0.4 is 0 Å². The van der Waals surface area contributed by atoms with Crippen molar-refractivity contribution in [1.29, 1.82) is 0 Å². The maximum atomic E-state index is 12.9. The van der Waals surface area contributed by atoms with Crippen molar-refractivity contribution in [1.82, 2.24) is 0 Å². The molecule has 0 spiro atoms. The number of benzene rings is 1. The number of nitro benzene ring substituents is 1. The Hall–Kier alpha value is -1.95. The number of hydrogen-bond donors (Lipinski definition) is 0. The molecule has 0 saturated heterocycles. The highest BCUT2D eigenvalue weighted by molar-refractivity contribution is 6.24. The first-order valence-corrected chi connectivity index (χ1v) is 9.72. The molecule has 4 fully saturated rings. The van der Waals surface area contributed by atoms with Crippen molar-refractivity contribution in [2.45, 2.75) is 50.3 Å². The first-order valence-electron chi connectivity index (χ1n) is 9.34. The number of carbonyl (C=O) groups excluding carboxylic acids is 2. The topological polar surface area (TPSA) is 86.5 Å². The van der Waals surface area contributed by atoms with Crippen molar-refractivity contribution < 1.29 is 19.2 Å². The number of nitro groups is 1. The predicted octanol–water partition coefficient (Wildman–Crippen LogP) is 4.21. The van der Waals surface area contributed by atoms with E-state index in [9.17, 15) is 19.7 Å². The van der Waals surface area contributed by atoms with E-state index >= 15 is 0 Å². The maximum Gasteiger partial charge on any atom is 0.312 e. The van der Waals surface area contributed by atoms with Gasteiger partial charge in [-0.05, 0) is 57.3 Å². The molecule has 0 aromatic heterocycles. The van der Waals surface area contributed by atoms with Gasteiger partial charge in [0.1, 0.15) is 0 Å². The lowest BCUT2D eigenvalue weighted by Crippen LogP contribution is -2.56. The lowest BCUT2D eigenvalue weighted by Gasteiger charge is -2.58. The Morgan fingerprint density at radius 3 is 2.52 bits per heavy atom. The van der Waals surface area contributed by atoms with Crippen LogP contribution >= 0.6 is 11.6 Å². The van der Waals surface area contributed by atoms with E-state index < -0.39 is 22.7 Å². The van der Waals surface area contributed by atoms with Crippen LogP contribution in [0.2, 0.25) is 0 Å². The number of halogens is 1. The van der Waals surface area contributed by atoms with Gasteiger partial charge in [-0.15, -0.1) is 11.6 Å². The SMILES string of the molecule is Cc1ccc(C(=O)COC(=O)C23C[C@@H]4C[C@@H](CC(Cl)(C4)C2)C3)cc1[N+](=O)[O-]. The zero-order chi connectivity index (χ0) is 19.4. The molecule has 1 aromatic rings. The molecule has 4 aliphatic carbocycles. The van der Waals surface area contributed by atoms with Crippen LogP contribution in [-0.2, 0) is 9.53 Å². The molecule has 4 bridgehead atoms. The van der Waals surface area contributed by atoms with Crippen LogP contribution in [0.25, 0.3) is 0 Å². The van der Waals surface area contributed by atoms with E-state index in [1.54, 1.807) is 6.92 Å². The van der Waals surface area contributed by atoms with Crippen LogP contribution in [-0.4, -0.2) is 28.2 Å². The lowest BCUT2D eigenvalue weighted by molar-refractivity contribution is -0.385. The van der Waals surface area contributed by atoms with Gasteiger partial charge in [0.15, 0.2) is 6.61 Å². The largest absolute Gasteiger partial charge is 0.457 e. The minimum absolute atomic E-state index is 0.114. The van der Waals surface area contributed by atoms with Gasteiger partial charge in [-0.1, -0.05) is 12.1 Å². The van der Waals surface area contributed by atoms with Gasteiger partial charge in [0, 0.05) is 22.1 Å². The number of carbonyl (C=O) groups is 2. The minimum Gasteiger partial charge on any atom is -0.457 e. The Labute approximate surface area is 162 Å². The molecule has 2 unspecified atom stereocenters. The molecule has 27 heavy (non-hydrogen) atoms. The average Bonchev–Trinajstić information content (AvgIpc) is 2.57. The summed E-state index contributed by atoms with van der Waals surface area (Å²) in [5, 5.41) is 11.0. The molecular weight excluding hydrogens is 370 g/mol. The highest BCUT2D eigenvalue weighted by atomic mass is 35.5. The van der Waals surface area contributed by atoms with Gasteiger partial charge < -0.3 is 4.74 Å².